The van der Waals surface area contributed by atoms with Crippen LogP contribution in [0.4, 0.5) is 0 Å². The van der Waals surface area contributed by atoms with Crippen LogP contribution in [0.25, 0.3) is 10.9 Å². The second-order valence-electron chi connectivity index (χ2n) is 6.15. The molecule has 0 N–H and O–H groups in total. The number of benzene rings is 1. The van der Waals surface area contributed by atoms with Crippen LogP contribution in [0, 0.1) is 6.92 Å². The van der Waals surface area contributed by atoms with Crippen molar-refractivity contribution in [2.75, 3.05) is 46.4 Å². The van der Waals surface area contributed by atoms with E-state index in [-0.39, 0.29) is 0 Å². The largest absolute Gasteiger partial charge is 0.493 e. The van der Waals surface area contributed by atoms with Gasteiger partial charge in [0.2, 0.25) is 0 Å². The molecule has 6 heteroatoms. The lowest BCUT2D eigenvalue weighted by atomic mass is 10.1. The van der Waals surface area contributed by atoms with E-state index < -0.39 is 0 Å². The number of fused-ring (bicyclic) bond motifs is 1. The Bertz CT molecular complexity index is 671. The summed E-state index contributed by atoms with van der Waals surface area (Å²) in [5, 5.41) is 1.36. The topological polar surface area (TPSA) is 41.5 Å². The van der Waals surface area contributed by atoms with Crippen molar-refractivity contribution in [3.63, 3.8) is 0 Å². The van der Waals surface area contributed by atoms with E-state index in [4.69, 9.17) is 16.3 Å². The minimum atomic E-state index is 0.486. The van der Waals surface area contributed by atoms with E-state index in [0.29, 0.717) is 5.15 Å². The van der Waals surface area contributed by atoms with Crippen LogP contribution in [0.1, 0.15) is 12.0 Å². The minimum absolute atomic E-state index is 0.486. The van der Waals surface area contributed by atoms with Crippen LogP contribution < -0.4 is 4.74 Å². The summed E-state index contributed by atoms with van der Waals surface area (Å²) in [5.41, 5.74) is 1.89. The van der Waals surface area contributed by atoms with Crippen molar-refractivity contribution in [2.45, 2.75) is 13.3 Å². The Kier molecular flexibility index (Phi) is 5.30. The van der Waals surface area contributed by atoms with Crippen LogP contribution in [0.3, 0.4) is 0 Å². The molecule has 0 aliphatic carbocycles. The molecular weight excluding hydrogens is 312 g/mol. The molecule has 1 aliphatic heterocycles. The fourth-order valence-corrected chi connectivity index (χ4v) is 3.05. The van der Waals surface area contributed by atoms with Gasteiger partial charge in [-0.1, -0.05) is 11.6 Å². The highest BCUT2D eigenvalue weighted by Crippen LogP contribution is 2.27. The first-order valence-corrected chi connectivity index (χ1v) is 8.46. The molecule has 2 heterocycles. The Morgan fingerprint density at radius 1 is 1.17 bits per heavy atom. The van der Waals surface area contributed by atoms with Crippen molar-refractivity contribution >= 4 is 22.5 Å². The van der Waals surface area contributed by atoms with Gasteiger partial charge in [0.25, 0.3) is 0 Å². The van der Waals surface area contributed by atoms with Gasteiger partial charge < -0.3 is 14.5 Å². The maximum absolute atomic E-state index is 6.10. The maximum Gasteiger partial charge on any atom is 0.140 e. The van der Waals surface area contributed by atoms with Crippen LogP contribution in [0.5, 0.6) is 5.75 Å². The van der Waals surface area contributed by atoms with E-state index in [9.17, 15) is 0 Å². The Labute approximate surface area is 142 Å². The summed E-state index contributed by atoms with van der Waals surface area (Å²) in [4.78, 5) is 13.2. The summed E-state index contributed by atoms with van der Waals surface area (Å²) in [6.07, 6.45) is 2.52. The second kappa shape index (κ2) is 7.43. The zero-order valence-corrected chi connectivity index (χ0v) is 14.5. The average molecular weight is 335 g/mol. The lowest BCUT2D eigenvalue weighted by molar-refractivity contribution is 0.145. The zero-order chi connectivity index (χ0) is 16.2. The summed E-state index contributed by atoms with van der Waals surface area (Å²) in [7, 11) is 2.18. The van der Waals surface area contributed by atoms with Gasteiger partial charge >= 0.3 is 0 Å². The monoisotopic (exact) mass is 334 g/mol. The van der Waals surface area contributed by atoms with Gasteiger partial charge in [0.05, 0.1) is 12.1 Å². The lowest BCUT2D eigenvalue weighted by Crippen LogP contribution is -2.44. The molecule has 1 aliphatic rings. The Morgan fingerprint density at radius 2 is 1.96 bits per heavy atom. The van der Waals surface area contributed by atoms with Gasteiger partial charge in [-0.2, -0.15) is 0 Å². The SMILES string of the molecule is Cc1cc2c(Cl)ncnc2cc1OCCCN1CCN(C)CC1. The molecule has 0 amide bonds. The van der Waals surface area contributed by atoms with E-state index in [2.05, 4.69) is 26.8 Å². The standard InChI is InChI=1S/C17H23ClN4O/c1-13-10-14-15(19-12-20-17(14)18)11-16(13)23-9-3-4-22-7-5-21(2)6-8-22/h10-12H,3-9H2,1-2H3. The van der Waals surface area contributed by atoms with Crippen LogP contribution in [0.15, 0.2) is 18.5 Å². The van der Waals surface area contributed by atoms with Gasteiger partial charge in [-0.25, -0.2) is 9.97 Å². The molecule has 1 aromatic heterocycles. The number of piperazine rings is 1. The molecule has 1 fully saturated rings. The van der Waals surface area contributed by atoms with Gasteiger partial charge in [0, 0.05) is 44.2 Å². The summed E-state index contributed by atoms with van der Waals surface area (Å²) >= 11 is 6.10. The van der Waals surface area contributed by atoms with Gasteiger partial charge in [-0.05, 0) is 32.0 Å². The third-order valence-corrected chi connectivity index (χ3v) is 4.66. The van der Waals surface area contributed by atoms with Crippen molar-refractivity contribution in [3.8, 4) is 5.75 Å². The van der Waals surface area contributed by atoms with Crippen LogP contribution in [-0.2, 0) is 0 Å². The van der Waals surface area contributed by atoms with E-state index in [1.54, 1.807) is 0 Å². The van der Waals surface area contributed by atoms with Crippen LogP contribution in [0.2, 0.25) is 5.15 Å². The Balaban J connectivity index is 1.54. The van der Waals surface area contributed by atoms with Crippen molar-refractivity contribution in [1.29, 1.82) is 0 Å². The molecule has 3 rings (SSSR count). The van der Waals surface area contributed by atoms with Gasteiger partial charge in [0.1, 0.15) is 17.2 Å². The number of hydrogen-bond donors (Lipinski definition) is 0. The fourth-order valence-electron chi connectivity index (χ4n) is 2.86. The summed E-state index contributed by atoms with van der Waals surface area (Å²) in [5.74, 6) is 0.880. The Hall–Kier alpha value is -1.43. The first kappa shape index (κ1) is 16.4. The number of rotatable bonds is 5. The van der Waals surface area contributed by atoms with E-state index in [1.807, 2.05) is 19.1 Å². The molecule has 124 valence electrons. The smallest absolute Gasteiger partial charge is 0.140 e. The molecule has 0 saturated carbocycles. The summed E-state index contributed by atoms with van der Waals surface area (Å²) in [6.45, 7) is 8.46. The highest BCUT2D eigenvalue weighted by Gasteiger charge is 2.13. The van der Waals surface area contributed by atoms with Crippen LogP contribution in [-0.4, -0.2) is 66.1 Å². The lowest BCUT2D eigenvalue weighted by Gasteiger charge is -2.32. The van der Waals surface area contributed by atoms with Gasteiger partial charge in [-0.3, -0.25) is 0 Å². The third kappa shape index (κ3) is 4.10. The predicted octanol–water partition coefficient (Wildman–Crippen LogP) is 2.61. The van der Waals surface area contributed by atoms with E-state index >= 15 is 0 Å². The van der Waals surface area contributed by atoms with Crippen molar-refractivity contribution < 1.29 is 4.74 Å². The van der Waals surface area contributed by atoms with Crippen molar-refractivity contribution in [3.05, 3.63) is 29.2 Å². The zero-order valence-electron chi connectivity index (χ0n) is 13.8. The summed E-state index contributed by atoms with van der Waals surface area (Å²) < 4.78 is 5.96. The van der Waals surface area contributed by atoms with Gasteiger partial charge in [-0.15, -0.1) is 0 Å². The van der Waals surface area contributed by atoms with E-state index in [1.165, 1.54) is 6.33 Å². The normalized spacial score (nSPS) is 16.8. The predicted molar refractivity (Wildman–Crippen MR) is 93.3 cm³/mol. The highest BCUT2D eigenvalue weighted by molar-refractivity contribution is 6.34. The molecule has 2 aromatic rings. The minimum Gasteiger partial charge on any atom is -0.493 e. The molecule has 0 spiro atoms. The molecule has 5 nitrogen and oxygen atoms in total. The number of ether oxygens (including phenoxy) is 1. The van der Waals surface area contributed by atoms with Crippen molar-refractivity contribution in [2.24, 2.45) is 0 Å². The molecule has 23 heavy (non-hydrogen) atoms. The number of hydrogen-bond acceptors (Lipinski definition) is 5. The Morgan fingerprint density at radius 3 is 2.74 bits per heavy atom. The number of halogens is 1. The molecule has 0 atom stereocenters. The quantitative estimate of drug-likeness (QED) is 0.621. The number of nitrogens with zero attached hydrogens (tertiary/aromatic N) is 4. The molecule has 0 bridgehead atoms. The van der Waals surface area contributed by atoms with Crippen LogP contribution >= 0.6 is 11.6 Å². The van der Waals surface area contributed by atoms with Gasteiger partial charge in [0.15, 0.2) is 0 Å². The molecule has 0 radical (unpaired) electrons. The number of aromatic nitrogens is 2. The first-order chi connectivity index (χ1) is 11.1. The fraction of sp³-hybridized carbons (Fsp3) is 0.529. The number of aryl methyl sites for hydroxylation is 1. The number of likely N-dealkylation sites (N-methyl/N-ethyl adjacent to an activating group) is 1. The second-order valence-corrected chi connectivity index (χ2v) is 6.50. The maximum atomic E-state index is 6.10. The third-order valence-electron chi connectivity index (χ3n) is 4.36. The first-order valence-electron chi connectivity index (χ1n) is 8.08. The average Bonchev–Trinajstić information content (AvgIpc) is 2.54. The van der Waals surface area contributed by atoms with Crippen molar-refractivity contribution in [1.82, 2.24) is 19.8 Å². The molecular formula is C17H23ClN4O. The molecule has 0 unspecified atom stereocenters. The van der Waals surface area contributed by atoms with E-state index in [0.717, 1.165) is 68.0 Å². The highest BCUT2D eigenvalue weighted by atomic mass is 35.5. The molecule has 1 aromatic carbocycles. The molecule has 1 saturated heterocycles. The summed E-state index contributed by atoms with van der Waals surface area (Å²) in [6, 6.07) is 3.95.